The molecule has 0 radical (unpaired) electrons. The van der Waals surface area contributed by atoms with Crippen LogP contribution in [0.2, 0.25) is 0 Å². The zero-order chi connectivity index (χ0) is 20.6. The van der Waals surface area contributed by atoms with Crippen LogP contribution in [0.3, 0.4) is 0 Å². The van der Waals surface area contributed by atoms with Gasteiger partial charge in [-0.15, -0.1) is 11.1 Å². The summed E-state index contributed by atoms with van der Waals surface area (Å²) in [5.74, 6) is 0. The van der Waals surface area contributed by atoms with Crippen LogP contribution >= 0.6 is 0 Å². The molecular formula is C26H42Cr. The molecule has 0 bridgehead atoms. The molecular weight excluding hydrogens is 364 g/mol. The molecule has 0 saturated carbocycles. The number of rotatable bonds is 0. The average molecular weight is 407 g/mol. The Hall–Kier alpha value is -0.768. The van der Waals surface area contributed by atoms with Gasteiger partial charge in [-0.2, -0.15) is 23.3 Å². The summed E-state index contributed by atoms with van der Waals surface area (Å²) >= 11 is 0. The SMILES string of the molecule is CC(C)(C)c1ccc[c-]1C(C)(C)C.CC(C)(C)c1ccc[c-]1C(C)(C)C.[Cr+2]. The van der Waals surface area contributed by atoms with Gasteiger partial charge in [-0.1, -0.05) is 93.9 Å². The Kier molecular flexibility index (Phi) is 8.47. The molecule has 2 aromatic rings. The molecule has 0 nitrogen and oxygen atoms in total. The minimum absolute atomic E-state index is 0. The van der Waals surface area contributed by atoms with E-state index in [1.807, 2.05) is 0 Å². The third kappa shape index (κ3) is 7.29. The molecule has 0 fully saturated rings. The third-order valence-corrected chi connectivity index (χ3v) is 4.86. The second-order valence-corrected chi connectivity index (χ2v) is 11.7. The first-order valence-corrected chi connectivity index (χ1v) is 9.99. The van der Waals surface area contributed by atoms with E-state index in [-0.39, 0.29) is 39.0 Å². The maximum Gasteiger partial charge on any atom is 2.00 e. The Bertz CT molecular complexity index is 563. The molecule has 0 aliphatic carbocycles. The van der Waals surface area contributed by atoms with Crippen molar-refractivity contribution in [1.29, 1.82) is 0 Å². The standard InChI is InChI=1S/2C13H21.Cr/c2*1-12(2,3)10-8-7-9-11(10)13(4,5)6;/h2*7-9H,1-6H3;/q2*-1;+2. The molecule has 0 spiro atoms. The maximum atomic E-state index is 2.28. The van der Waals surface area contributed by atoms with Crippen molar-refractivity contribution in [2.75, 3.05) is 0 Å². The molecule has 0 heterocycles. The van der Waals surface area contributed by atoms with Gasteiger partial charge in [0, 0.05) is 0 Å². The maximum absolute atomic E-state index is 2.28. The summed E-state index contributed by atoms with van der Waals surface area (Å²) in [6, 6.07) is 13.3. The van der Waals surface area contributed by atoms with Crippen LogP contribution in [0.5, 0.6) is 0 Å². The van der Waals surface area contributed by atoms with Crippen LogP contribution in [-0.4, -0.2) is 0 Å². The monoisotopic (exact) mass is 406 g/mol. The van der Waals surface area contributed by atoms with Gasteiger partial charge in [-0.25, -0.2) is 24.3 Å². The Labute approximate surface area is 180 Å². The van der Waals surface area contributed by atoms with Crippen LogP contribution in [-0.2, 0) is 39.0 Å². The zero-order valence-electron chi connectivity index (χ0n) is 19.9. The minimum Gasteiger partial charge on any atom is -0.213 e. The van der Waals surface area contributed by atoms with Crippen LogP contribution in [0.15, 0.2) is 36.4 Å². The molecule has 2 rings (SSSR count). The summed E-state index contributed by atoms with van der Waals surface area (Å²) in [5, 5.41) is 0. The minimum atomic E-state index is 0. The fourth-order valence-corrected chi connectivity index (χ4v) is 3.46. The first-order chi connectivity index (χ1) is 11.5. The van der Waals surface area contributed by atoms with Crippen molar-refractivity contribution in [3.8, 4) is 0 Å². The van der Waals surface area contributed by atoms with E-state index in [2.05, 4.69) is 119 Å². The molecule has 0 aromatic heterocycles. The molecule has 0 aliphatic heterocycles. The molecule has 152 valence electrons. The first kappa shape index (κ1) is 26.2. The van der Waals surface area contributed by atoms with Gasteiger partial charge in [0.25, 0.3) is 0 Å². The van der Waals surface area contributed by atoms with Crippen LogP contribution in [0, 0.1) is 0 Å². The third-order valence-electron chi connectivity index (χ3n) is 4.86. The zero-order valence-corrected chi connectivity index (χ0v) is 21.1. The fraction of sp³-hybridized carbons (Fsp3) is 0.615. The van der Waals surface area contributed by atoms with Crippen LogP contribution in [0.25, 0.3) is 0 Å². The van der Waals surface area contributed by atoms with E-state index in [4.69, 9.17) is 0 Å². The van der Waals surface area contributed by atoms with Crippen molar-refractivity contribution in [2.24, 2.45) is 0 Å². The summed E-state index contributed by atoms with van der Waals surface area (Å²) < 4.78 is 0. The van der Waals surface area contributed by atoms with E-state index in [9.17, 15) is 0 Å². The van der Waals surface area contributed by atoms with Gasteiger partial charge in [0.05, 0.1) is 0 Å². The molecule has 2 aromatic carbocycles. The van der Waals surface area contributed by atoms with Gasteiger partial charge in [0.2, 0.25) is 0 Å². The van der Waals surface area contributed by atoms with E-state index in [0.29, 0.717) is 0 Å². The molecule has 0 saturated heterocycles. The van der Waals surface area contributed by atoms with E-state index >= 15 is 0 Å². The Balaban J connectivity index is 0.000000483. The fourth-order valence-electron chi connectivity index (χ4n) is 3.46. The van der Waals surface area contributed by atoms with Crippen LogP contribution in [0.4, 0.5) is 0 Å². The number of hydrogen-bond acceptors (Lipinski definition) is 0. The normalized spacial score (nSPS) is 12.9. The van der Waals surface area contributed by atoms with Gasteiger partial charge in [0.15, 0.2) is 0 Å². The van der Waals surface area contributed by atoms with Crippen molar-refractivity contribution >= 4 is 0 Å². The Morgan fingerprint density at radius 2 is 0.778 bits per heavy atom. The van der Waals surface area contributed by atoms with Gasteiger partial charge >= 0.3 is 17.4 Å². The van der Waals surface area contributed by atoms with Gasteiger partial charge < -0.3 is 0 Å². The Morgan fingerprint density at radius 3 is 0.926 bits per heavy atom. The largest absolute Gasteiger partial charge is 2.00 e. The van der Waals surface area contributed by atoms with Crippen molar-refractivity contribution in [2.45, 2.75) is 105 Å². The quantitative estimate of drug-likeness (QED) is 0.389. The van der Waals surface area contributed by atoms with Crippen molar-refractivity contribution in [1.82, 2.24) is 0 Å². The molecule has 27 heavy (non-hydrogen) atoms. The van der Waals surface area contributed by atoms with E-state index in [0.717, 1.165) is 0 Å². The van der Waals surface area contributed by atoms with Crippen LogP contribution in [0.1, 0.15) is 105 Å². The summed E-state index contributed by atoms with van der Waals surface area (Å²) in [6.07, 6.45) is 0. The van der Waals surface area contributed by atoms with Crippen molar-refractivity contribution < 1.29 is 17.4 Å². The molecule has 0 aliphatic rings. The molecule has 1 heteroatoms. The van der Waals surface area contributed by atoms with E-state index in [1.165, 1.54) is 22.3 Å². The molecule has 0 unspecified atom stereocenters. The smallest absolute Gasteiger partial charge is 0.213 e. The summed E-state index contributed by atoms with van der Waals surface area (Å²) in [5.41, 5.74) is 7.02. The number of hydrogen-bond donors (Lipinski definition) is 0. The second kappa shape index (κ2) is 8.72. The average Bonchev–Trinajstić information content (AvgIpc) is 3.06. The summed E-state index contributed by atoms with van der Waals surface area (Å²) in [7, 11) is 0. The van der Waals surface area contributed by atoms with Crippen molar-refractivity contribution in [3.05, 3.63) is 58.7 Å². The van der Waals surface area contributed by atoms with E-state index in [1.54, 1.807) is 0 Å². The van der Waals surface area contributed by atoms with Gasteiger partial charge in [-0.05, 0) is 10.8 Å². The second-order valence-electron chi connectivity index (χ2n) is 11.7. The molecule has 0 atom stereocenters. The van der Waals surface area contributed by atoms with Gasteiger partial charge in [0.1, 0.15) is 0 Å². The Morgan fingerprint density at radius 1 is 0.519 bits per heavy atom. The topological polar surface area (TPSA) is 0 Å². The first-order valence-electron chi connectivity index (χ1n) is 9.99. The summed E-state index contributed by atoms with van der Waals surface area (Å²) in [4.78, 5) is 0. The van der Waals surface area contributed by atoms with Crippen molar-refractivity contribution in [3.63, 3.8) is 0 Å². The van der Waals surface area contributed by atoms with E-state index < -0.39 is 0 Å². The molecule has 0 amide bonds. The predicted octanol–water partition coefficient (Wildman–Crippen LogP) is 8.00. The predicted molar refractivity (Wildman–Crippen MR) is 119 cm³/mol. The van der Waals surface area contributed by atoms with Crippen LogP contribution < -0.4 is 0 Å². The summed E-state index contributed by atoms with van der Waals surface area (Å²) in [6.45, 7) is 27.3. The molecule has 0 N–H and O–H groups in total. The van der Waals surface area contributed by atoms with Gasteiger partial charge in [-0.3, -0.25) is 0 Å².